The number of thioether (sulfide) groups is 1. The first-order chi connectivity index (χ1) is 10.8. The first kappa shape index (κ1) is 17.3. The number of carbonyl (C=O) groups excluding carboxylic acids is 1. The van der Waals surface area contributed by atoms with Crippen molar-refractivity contribution in [2.75, 3.05) is 11.1 Å². The number of anilines is 1. The van der Waals surface area contributed by atoms with Crippen molar-refractivity contribution in [1.29, 1.82) is 5.26 Å². The van der Waals surface area contributed by atoms with Gasteiger partial charge in [0.05, 0.1) is 27.3 Å². The van der Waals surface area contributed by atoms with Crippen LogP contribution in [0.5, 0.6) is 0 Å². The highest BCUT2D eigenvalue weighted by Gasteiger charge is 2.30. The quantitative estimate of drug-likeness (QED) is 0.827. The van der Waals surface area contributed by atoms with Gasteiger partial charge in [0, 0.05) is 5.56 Å². The molecule has 1 N–H and O–H groups in total. The van der Waals surface area contributed by atoms with Gasteiger partial charge in [-0.2, -0.15) is 18.4 Å². The first-order valence-electron chi connectivity index (χ1n) is 6.27. The van der Waals surface area contributed by atoms with E-state index in [1.54, 1.807) is 6.92 Å². The van der Waals surface area contributed by atoms with Gasteiger partial charge in [-0.05, 0) is 31.2 Å². The van der Waals surface area contributed by atoms with E-state index >= 15 is 0 Å². The lowest BCUT2D eigenvalue weighted by atomic mass is 10.1. The van der Waals surface area contributed by atoms with E-state index < -0.39 is 17.6 Å². The summed E-state index contributed by atoms with van der Waals surface area (Å²) in [5, 5.41) is 11.4. The molecule has 0 aliphatic rings. The van der Waals surface area contributed by atoms with Crippen LogP contribution in [-0.2, 0) is 6.18 Å². The van der Waals surface area contributed by atoms with Crippen molar-refractivity contribution < 1.29 is 18.0 Å². The monoisotopic (exact) mass is 357 g/mol. The smallest absolute Gasteiger partial charge is 0.298 e. The lowest BCUT2D eigenvalue weighted by Gasteiger charge is -2.07. The fraction of sp³-hybridized carbons (Fsp3) is 0.214. The van der Waals surface area contributed by atoms with E-state index in [1.807, 2.05) is 6.07 Å². The van der Waals surface area contributed by atoms with Crippen molar-refractivity contribution >= 4 is 34.1 Å². The van der Waals surface area contributed by atoms with Crippen LogP contribution < -0.4 is 5.32 Å². The Labute approximate surface area is 138 Å². The van der Waals surface area contributed by atoms with Gasteiger partial charge >= 0.3 is 6.18 Å². The highest BCUT2D eigenvalue weighted by atomic mass is 32.2. The Kier molecular flexibility index (Phi) is 5.28. The largest absolute Gasteiger partial charge is 0.416 e. The fourth-order valence-electron chi connectivity index (χ4n) is 1.65. The number of nitriles is 1. The SMILES string of the molecule is Cc1nc(NC(=O)c2ccc(C(F)(F)F)cc2)sc1SCC#N. The highest BCUT2D eigenvalue weighted by Crippen LogP contribution is 2.32. The molecule has 2 rings (SSSR count). The molecule has 0 spiro atoms. The maximum absolute atomic E-state index is 12.5. The molecule has 0 aliphatic carbocycles. The van der Waals surface area contributed by atoms with Crippen LogP contribution >= 0.6 is 23.1 Å². The van der Waals surface area contributed by atoms with Gasteiger partial charge in [0.25, 0.3) is 5.91 Å². The average Bonchev–Trinajstić information content (AvgIpc) is 2.84. The zero-order valence-electron chi connectivity index (χ0n) is 11.8. The van der Waals surface area contributed by atoms with Crippen LogP contribution in [0.2, 0.25) is 0 Å². The molecule has 9 heteroatoms. The minimum Gasteiger partial charge on any atom is -0.298 e. The molecule has 0 fully saturated rings. The third-order valence-electron chi connectivity index (χ3n) is 2.72. The van der Waals surface area contributed by atoms with Crippen molar-refractivity contribution in [3.05, 3.63) is 41.1 Å². The predicted molar refractivity (Wildman–Crippen MR) is 82.6 cm³/mol. The third kappa shape index (κ3) is 4.46. The van der Waals surface area contributed by atoms with Crippen LogP contribution in [-0.4, -0.2) is 16.6 Å². The fourth-order valence-corrected chi connectivity index (χ4v) is 3.44. The van der Waals surface area contributed by atoms with Gasteiger partial charge in [0.1, 0.15) is 0 Å². The van der Waals surface area contributed by atoms with Crippen molar-refractivity contribution in [3.63, 3.8) is 0 Å². The van der Waals surface area contributed by atoms with E-state index in [1.165, 1.54) is 23.1 Å². The molecule has 0 saturated carbocycles. The summed E-state index contributed by atoms with van der Waals surface area (Å²) >= 11 is 2.53. The summed E-state index contributed by atoms with van der Waals surface area (Å²) in [6.45, 7) is 1.75. The number of halogens is 3. The Morgan fingerprint density at radius 1 is 1.39 bits per heavy atom. The lowest BCUT2D eigenvalue weighted by molar-refractivity contribution is -0.137. The molecule has 0 radical (unpaired) electrons. The summed E-state index contributed by atoms with van der Waals surface area (Å²) in [7, 11) is 0. The molecule has 1 heterocycles. The van der Waals surface area contributed by atoms with E-state index in [0.29, 0.717) is 10.8 Å². The van der Waals surface area contributed by atoms with Gasteiger partial charge in [-0.15, -0.1) is 0 Å². The molecule has 4 nitrogen and oxygen atoms in total. The summed E-state index contributed by atoms with van der Waals surface area (Å²) < 4.78 is 38.3. The van der Waals surface area contributed by atoms with Gasteiger partial charge in [-0.3, -0.25) is 10.1 Å². The van der Waals surface area contributed by atoms with Gasteiger partial charge in [0.2, 0.25) is 0 Å². The molecule has 0 atom stereocenters. The minimum absolute atomic E-state index is 0.108. The number of hydrogen-bond acceptors (Lipinski definition) is 5. The lowest BCUT2D eigenvalue weighted by Crippen LogP contribution is -2.12. The van der Waals surface area contributed by atoms with Crippen LogP contribution in [0.4, 0.5) is 18.3 Å². The second-order valence-electron chi connectivity index (χ2n) is 4.37. The van der Waals surface area contributed by atoms with Gasteiger partial charge in [-0.25, -0.2) is 4.98 Å². The molecule has 1 aromatic heterocycles. The van der Waals surface area contributed by atoms with Crippen molar-refractivity contribution in [2.45, 2.75) is 17.3 Å². The van der Waals surface area contributed by atoms with E-state index in [-0.39, 0.29) is 11.3 Å². The maximum atomic E-state index is 12.5. The molecule has 0 unspecified atom stereocenters. The Balaban J connectivity index is 2.09. The number of rotatable bonds is 4. The van der Waals surface area contributed by atoms with Crippen molar-refractivity contribution in [1.82, 2.24) is 4.98 Å². The average molecular weight is 357 g/mol. The molecule has 0 saturated heterocycles. The topological polar surface area (TPSA) is 65.8 Å². The number of aryl methyl sites for hydroxylation is 1. The Hall–Kier alpha value is -2.05. The number of nitrogens with one attached hydrogen (secondary N) is 1. The number of amides is 1. The Morgan fingerprint density at radius 3 is 2.61 bits per heavy atom. The second-order valence-corrected chi connectivity index (χ2v) is 6.61. The van der Waals surface area contributed by atoms with Crippen molar-refractivity contribution in [3.8, 4) is 6.07 Å². The molecule has 1 aromatic carbocycles. The summed E-state index contributed by atoms with van der Waals surface area (Å²) in [5.74, 6) is -0.265. The molecule has 2 aromatic rings. The van der Waals surface area contributed by atoms with Crippen molar-refractivity contribution in [2.24, 2.45) is 0 Å². The normalized spacial score (nSPS) is 11.1. The third-order valence-corrected chi connectivity index (χ3v) is 5.02. The van der Waals surface area contributed by atoms with Crippen LogP contribution in [0.25, 0.3) is 0 Å². The minimum atomic E-state index is -4.44. The Morgan fingerprint density at radius 2 is 2.04 bits per heavy atom. The van der Waals surface area contributed by atoms with Crippen LogP contribution in [0.1, 0.15) is 21.6 Å². The highest BCUT2D eigenvalue weighted by molar-refractivity contribution is 8.01. The van der Waals surface area contributed by atoms with Crippen LogP contribution in [0.3, 0.4) is 0 Å². The zero-order chi connectivity index (χ0) is 17.0. The number of aromatic nitrogens is 1. The molecule has 120 valence electrons. The standard InChI is InChI=1S/C14H10F3N3OS2/c1-8-12(22-7-6-18)23-13(19-8)20-11(21)9-2-4-10(5-3-9)14(15,16)17/h2-5H,7H2,1H3,(H,19,20,21). The van der Waals surface area contributed by atoms with Gasteiger partial charge in [0.15, 0.2) is 5.13 Å². The molecule has 0 aliphatic heterocycles. The Bertz CT molecular complexity index is 748. The summed E-state index contributed by atoms with van der Waals surface area (Å²) in [6, 6.07) is 5.94. The number of alkyl halides is 3. The zero-order valence-corrected chi connectivity index (χ0v) is 13.4. The number of hydrogen-bond donors (Lipinski definition) is 1. The molecular formula is C14H10F3N3OS2. The summed E-state index contributed by atoms with van der Waals surface area (Å²) in [5.41, 5.74) is -0.00983. The maximum Gasteiger partial charge on any atom is 0.416 e. The number of carbonyl (C=O) groups is 1. The van der Waals surface area contributed by atoms with E-state index in [4.69, 9.17) is 5.26 Å². The molecule has 23 heavy (non-hydrogen) atoms. The van der Waals surface area contributed by atoms with Gasteiger partial charge < -0.3 is 0 Å². The number of benzene rings is 1. The van der Waals surface area contributed by atoms with Gasteiger partial charge in [-0.1, -0.05) is 23.1 Å². The summed E-state index contributed by atoms with van der Waals surface area (Å²) in [4.78, 5) is 16.2. The summed E-state index contributed by atoms with van der Waals surface area (Å²) in [6.07, 6.45) is -4.44. The molecule has 0 bridgehead atoms. The van der Waals surface area contributed by atoms with E-state index in [0.717, 1.165) is 28.5 Å². The molecular weight excluding hydrogens is 347 g/mol. The number of thiazole rings is 1. The van der Waals surface area contributed by atoms with Crippen LogP contribution in [0.15, 0.2) is 28.5 Å². The second kappa shape index (κ2) is 7.02. The van der Waals surface area contributed by atoms with E-state index in [2.05, 4.69) is 10.3 Å². The predicted octanol–water partition coefficient (Wildman–Crippen LogP) is 4.34. The van der Waals surface area contributed by atoms with Crippen LogP contribution in [0, 0.1) is 18.3 Å². The number of nitrogens with zero attached hydrogens (tertiary/aromatic N) is 2. The first-order valence-corrected chi connectivity index (χ1v) is 8.07. The van der Waals surface area contributed by atoms with E-state index in [9.17, 15) is 18.0 Å². The molecule has 1 amide bonds.